The molecule has 1 aromatic heterocycles. The van der Waals surface area contributed by atoms with Crippen molar-refractivity contribution in [3.63, 3.8) is 0 Å². The molecule has 11 N–H and O–H groups in total. The molecule has 0 aliphatic carbocycles. The maximum Gasteiger partial charge on any atom is 0.326 e. The number of amides is 4. The second-order valence-electron chi connectivity index (χ2n) is 10.2. The summed E-state index contributed by atoms with van der Waals surface area (Å²) in [5.74, 6) is -4.31. The number of nitrogens with zero attached hydrogens (tertiary/aromatic N) is 1. The topological polar surface area (TPSA) is 263 Å². The Bertz CT molecular complexity index is 1430. The number of hydrogen-bond donors (Lipinski definition) is 9. The predicted molar refractivity (Wildman–Crippen MR) is 156 cm³/mol. The van der Waals surface area contributed by atoms with Crippen molar-refractivity contribution in [3.05, 3.63) is 77.9 Å². The molecule has 0 saturated carbocycles. The van der Waals surface area contributed by atoms with Gasteiger partial charge in [0.15, 0.2) is 0 Å². The third-order valence-corrected chi connectivity index (χ3v) is 6.65. The van der Waals surface area contributed by atoms with Crippen molar-refractivity contribution in [3.8, 4) is 11.5 Å². The van der Waals surface area contributed by atoms with E-state index in [-0.39, 0.29) is 43.6 Å². The number of aliphatic carboxylic acids is 1. The van der Waals surface area contributed by atoms with Gasteiger partial charge in [-0.3, -0.25) is 19.2 Å². The molecular weight excluding hydrogens is 574 g/mol. The molecule has 0 saturated heterocycles. The molecule has 15 heteroatoms. The van der Waals surface area contributed by atoms with Crippen LogP contribution in [0.5, 0.6) is 11.5 Å². The number of phenolic OH excluding ortho intramolecular Hbond substituents is 2. The summed E-state index contributed by atoms with van der Waals surface area (Å²) in [6.45, 7) is 0. The van der Waals surface area contributed by atoms with E-state index in [4.69, 9.17) is 11.5 Å². The van der Waals surface area contributed by atoms with Crippen LogP contribution in [0.15, 0.2) is 61.1 Å². The quantitative estimate of drug-likeness (QED) is 0.0954. The monoisotopic (exact) mass is 609 g/mol. The highest BCUT2D eigenvalue weighted by Crippen LogP contribution is 2.14. The summed E-state index contributed by atoms with van der Waals surface area (Å²) in [5.41, 5.74) is 12.6. The van der Waals surface area contributed by atoms with Crippen LogP contribution in [0.25, 0.3) is 0 Å². The van der Waals surface area contributed by atoms with E-state index in [1.165, 1.54) is 48.9 Å². The highest BCUT2D eigenvalue weighted by Gasteiger charge is 2.31. The van der Waals surface area contributed by atoms with Gasteiger partial charge in [0, 0.05) is 37.6 Å². The van der Waals surface area contributed by atoms with Crippen LogP contribution in [0.3, 0.4) is 0 Å². The van der Waals surface area contributed by atoms with E-state index < -0.39 is 53.8 Å². The molecule has 15 nitrogen and oxygen atoms in total. The number of phenols is 2. The van der Waals surface area contributed by atoms with Gasteiger partial charge in [0.05, 0.1) is 12.4 Å². The maximum absolute atomic E-state index is 13.6. The summed E-state index contributed by atoms with van der Waals surface area (Å²) in [6, 6.07) is 6.63. The van der Waals surface area contributed by atoms with E-state index in [9.17, 15) is 39.3 Å². The molecule has 1 heterocycles. The van der Waals surface area contributed by atoms with E-state index in [1.54, 1.807) is 12.1 Å². The largest absolute Gasteiger partial charge is 0.508 e. The fraction of sp³-hybridized carbons (Fsp3) is 0.310. The molecule has 3 rings (SSSR count). The summed E-state index contributed by atoms with van der Waals surface area (Å²) >= 11 is 0. The Balaban J connectivity index is 1.82. The van der Waals surface area contributed by atoms with E-state index in [0.29, 0.717) is 16.8 Å². The minimum Gasteiger partial charge on any atom is -0.508 e. The number of nitrogens with one attached hydrogen (secondary N) is 4. The number of primary amides is 1. The molecule has 0 radical (unpaired) electrons. The standard InChI is InChI=1S/C29H35N7O8/c30-21(9-10-25(31)39)26(40)34-22(11-16-1-5-19(37)6-2-16)27(41)35-23(13-18-14-32-15-33-18)28(42)36-24(29(43)44)12-17-3-7-20(38)8-4-17/h1-8,14-15,21-24,37-38H,9-13,30H2,(H2,31,39)(H,32,33)(H,34,40)(H,35,41)(H,36,42)(H,43,44). The molecule has 0 aliphatic rings. The van der Waals surface area contributed by atoms with Gasteiger partial charge in [-0.2, -0.15) is 0 Å². The van der Waals surface area contributed by atoms with Crippen molar-refractivity contribution in [1.29, 1.82) is 0 Å². The van der Waals surface area contributed by atoms with Gasteiger partial charge in [-0.15, -0.1) is 0 Å². The Morgan fingerprint density at radius 2 is 1.23 bits per heavy atom. The fourth-order valence-corrected chi connectivity index (χ4v) is 4.22. The maximum atomic E-state index is 13.6. The first-order valence-corrected chi connectivity index (χ1v) is 13.6. The van der Waals surface area contributed by atoms with E-state index >= 15 is 0 Å². The number of carboxylic acids is 1. The van der Waals surface area contributed by atoms with Crippen molar-refractivity contribution in [2.75, 3.05) is 0 Å². The minimum absolute atomic E-state index is 0.00484. The van der Waals surface area contributed by atoms with Gasteiger partial charge < -0.3 is 47.7 Å². The van der Waals surface area contributed by atoms with E-state index in [1.807, 2.05) is 0 Å². The van der Waals surface area contributed by atoms with Crippen LogP contribution in [0.2, 0.25) is 0 Å². The fourth-order valence-electron chi connectivity index (χ4n) is 4.22. The van der Waals surface area contributed by atoms with Crippen LogP contribution < -0.4 is 27.4 Å². The number of carboxylic acid groups (broad SMARTS) is 1. The van der Waals surface area contributed by atoms with Gasteiger partial charge in [-0.1, -0.05) is 24.3 Å². The molecule has 4 atom stereocenters. The molecule has 0 fully saturated rings. The smallest absolute Gasteiger partial charge is 0.326 e. The summed E-state index contributed by atoms with van der Waals surface area (Å²) in [5, 5.41) is 36.5. The zero-order chi connectivity index (χ0) is 32.2. The highest BCUT2D eigenvalue weighted by molar-refractivity contribution is 5.94. The van der Waals surface area contributed by atoms with Crippen molar-refractivity contribution in [1.82, 2.24) is 25.9 Å². The molecule has 4 amide bonds. The Morgan fingerprint density at radius 3 is 1.70 bits per heavy atom. The lowest BCUT2D eigenvalue weighted by Crippen LogP contribution is -2.58. The van der Waals surface area contributed by atoms with Crippen LogP contribution in [0.1, 0.15) is 29.7 Å². The Kier molecular flexibility index (Phi) is 11.8. The Morgan fingerprint density at radius 1 is 0.750 bits per heavy atom. The first-order chi connectivity index (χ1) is 20.9. The molecule has 0 aliphatic heterocycles. The van der Waals surface area contributed by atoms with Crippen LogP contribution in [0, 0.1) is 0 Å². The molecule has 0 spiro atoms. The Hall–Kier alpha value is -5.44. The number of imidazole rings is 1. The summed E-state index contributed by atoms with van der Waals surface area (Å²) in [7, 11) is 0. The number of carbonyl (C=O) groups is 5. The van der Waals surface area contributed by atoms with E-state index in [0.717, 1.165) is 0 Å². The predicted octanol–water partition coefficient (Wildman–Crippen LogP) is -1.02. The third-order valence-electron chi connectivity index (χ3n) is 6.65. The molecule has 234 valence electrons. The lowest BCUT2D eigenvalue weighted by Gasteiger charge is -2.25. The number of hydrogen-bond acceptors (Lipinski definition) is 9. The summed E-state index contributed by atoms with van der Waals surface area (Å²) < 4.78 is 0. The second kappa shape index (κ2) is 15.7. The van der Waals surface area contributed by atoms with Crippen LogP contribution in [-0.4, -0.2) is 79.1 Å². The van der Waals surface area contributed by atoms with Gasteiger partial charge in [0.2, 0.25) is 23.6 Å². The van der Waals surface area contributed by atoms with Crippen molar-refractivity contribution < 1.29 is 39.3 Å². The second-order valence-corrected chi connectivity index (χ2v) is 10.2. The first kappa shape index (κ1) is 33.1. The number of aromatic hydroxyl groups is 2. The first-order valence-electron chi connectivity index (χ1n) is 13.6. The molecule has 44 heavy (non-hydrogen) atoms. The number of H-pyrrole nitrogens is 1. The summed E-state index contributed by atoms with van der Waals surface area (Å²) in [4.78, 5) is 69.7. The normalized spacial score (nSPS) is 13.6. The van der Waals surface area contributed by atoms with Gasteiger partial charge in [0.25, 0.3) is 0 Å². The zero-order valence-corrected chi connectivity index (χ0v) is 23.6. The molecule has 0 bridgehead atoms. The Labute approximate surface area is 252 Å². The highest BCUT2D eigenvalue weighted by atomic mass is 16.4. The van der Waals surface area contributed by atoms with Crippen molar-refractivity contribution in [2.24, 2.45) is 11.5 Å². The number of aromatic nitrogens is 2. The minimum atomic E-state index is -1.37. The molecule has 4 unspecified atom stereocenters. The molecular formula is C29H35N7O8. The van der Waals surface area contributed by atoms with Crippen LogP contribution in [0.4, 0.5) is 0 Å². The number of nitrogens with two attached hydrogens (primary N) is 2. The van der Waals surface area contributed by atoms with Gasteiger partial charge in [-0.25, -0.2) is 9.78 Å². The average Bonchev–Trinajstić information content (AvgIpc) is 3.50. The SMILES string of the molecule is NC(=O)CCC(N)C(=O)NC(Cc1ccc(O)cc1)C(=O)NC(Cc1cnc[nH]1)C(=O)NC(Cc1ccc(O)cc1)C(=O)O. The van der Waals surface area contributed by atoms with E-state index in [2.05, 4.69) is 25.9 Å². The number of benzene rings is 2. The average molecular weight is 610 g/mol. The third kappa shape index (κ3) is 10.4. The van der Waals surface area contributed by atoms with Crippen molar-refractivity contribution in [2.45, 2.75) is 56.3 Å². The van der Waals surface area contributed by atoms with Crippen molar-refractivity contribution >= 4 is 29.6 Å². The number of rotatable bonds is 16. The van der Waals surface area contributed by atoms with Crippen LogP contribution >= 0.6 is 0 Å². The van der Waals surface area contributed by atoms with Gasteiger partial charge in [-0.05, 0) is 41.8 Å². The number of aromatic amines is 1. The van der Waals surface area contributed by atoms with Gasteiger partial charge in [0.1, 0.15) is 29.6 Å². The lowest BCUT2D eigenvalue weighted by atomic mass is 10.0. The molecule has 3 aromatic rings. The summed E-state index contributed by atoms with van der Waals surface area (Å²) in [6.07, 6.45) is 2.35. The number of carbonyl (C=O) groups excluding carboxylic acids is 4. The lowest BCUT2D eigenvalue weighted by molar-refractivity contribution is -0.142. The molecule has 2 aromatic carbocycles. The van der Waals surface area contributed by atoms with Gasteiger partial charge >= 0.3 is 5.97 Å². The zero-order valence-electron chi connectivity index (χ0n) is 23.6. The van der Waals surface area contributed by atoms with Crippen LogP contribution in [-0.2, 0) is 43.2 Å².